The van der Waals surface area contributed by atoms with Crippen molar-refractivity contribution in [1.82, 2.24) is 4.90 Å². The molecule has 0 fully saturated rings. The van der Waals surface area contributed by atoms with Crippen molar-refractivity contribution in [2.45, 2.75) is 56.4 Å². The number of fused-ring (bicyclic) bond motifs is 2. The number of nitrogens with zero attached hydrogens (tertiary/aromatic N) is 2. The second-order valence-corrected chi connectivity index (χ2v) is 10.3. The zero-order valence-corrected chi connectivity index (χ0v) is 18.7. The first-order valence-corrected chi connectivity index (χ1v) is 12.1. The Hall–Kier alpha value is -2.22. The average molecular weight is 427 g/mol. The summed E-state index contributed by atoms with van der Waals surface area (Å²) in [6, 6.07) is 9.06. The fourth-order valence-corrected chi connectivity index (χ4v) is 5.44. The maximum Gasteiger partial charge on any atom is 0.354 e. The van der Waals surface area contributed by atoms with Gasteiger partial charge in [0.2, 0.25) is 0 Å². The minimum atomic E-state index is -3.32. The van der Waals surface area contributed by atoms with Gasteiger partial charge in [0.1, 0.15) is 9.92 Å². The number of carbonyl (C=O) groups is 1. The number of nitrogens with one attached hydrogen (secondary N) is 1. The van der Waals surface area contributed by atoms with Crippen molar-refractivity contribution in [2.75, 3.05) is 19.4 Å². The fraction of sp³-hybridized carbons (Fsp3) is 0.435. The molecule has 0 radical (unpaired) electrons. The minimum absolute atomic E-state index is 0.218. The summed E-state index contributed by atoms with van der Waals surface area (Å²) < 4.78 is 16.9. The van der Waals surface area contributed by atoms with E-state index < -0.39 is 15.9 Å². The molecule has 0 heterocycles. The molecule has 0 spiro atoms. The Bertz CT molecular complexity index is 1070. The van der Waals surface area contributed by atoms with E-state index in [-0.39, 0.29) is 6.04 Å². The Kier molecular flexibility index (Phi) is 5.70. The lowest BCUT2D eigenvalue weighted by molar-refractivity contribution is 0.260. The van der Waals surface area contributed by atoms with E-state index in [2.05, 4.69) is 27.6 Å². The lowest BCUT2D eigenvalue weighted by atomic mass is 9.99. The van der Waals surface area contributed by atoms with Crippen LogP contribution in [0.25, 0.3) is 0 Å². The number of rotatable bonds is 4. The molecule has 2 aliphatic carbocycles. The molecule has 30 heavy (non-hydrogen) atoms. The molecule has 0 saturated heterocycles. The van der Waals surface area contributed by atoms with E-state index in [9.17, 15) is 9.00 Å². The molecule has 6 nitrogen and oxygen atoms in total. The number of benzene rings is 2. The van der Waals surface area contributed by atoms with E-state index in [1.807, 2.05) is 26.2 Å². The van der Waals surface area contributed by atoms with Crippen LogP contribution in [0.4, 0.5) is 10.5 Å². The summed E-state index contributed by atoms with van der Waals surface area (Å²) in [7, 11) is 0.682. The van der Waals surface area contributed by atoms with Gasteiger partial charge < -0.3 is 10.2 Å². The first-order chi connectivity index (χ1) is 14.3. The van der Waals surface area contributed by atoms with Crippen molar-refractivity contribution in [2.24, 2.45) is 9.50 Å². The molecule has 0 saturated carbocycles. The number of hydrogen-bond donors (Lipinski definition) is 2. The van der Waals surface area contributed by atoms with Gasteiger partial charge in [-0.1, -0.05) is 18.2 Å². The van der Waals surface area contributed by atoms with Crippen molar-refractivity contribution in [3.05, 3.63) is 58.1 Å². The number of carbonyl (C=O) groups excluding carboxylic acids is 1. The predicted molar refractivity (Wildman–Crippen MR) is 121 cm³/mol. The van der Waals surface area contributed by atoms with Crippen LogP contribution in [0.5, 0.6) is 0 Å². The van der Waals surface area contributed by atoms with Gasteiger partial charge in [0.15, 0.2) is 0 Å². The molecule has 2 aliphatic rings. The van der Waals surface area contributed by atoms with E-state index in [0.717, 1.165) is 49.8 Å². The van der Waals surface area contributed by atoms with Crippen LogP contribution in [0.2, 0.25) is 0 Å². The van der Waals surface area contributed by atoms with E-state index in [1.165, 1.54) is 22.3 Å². The van der Waals surface area contributed by atoms with Gasteiger partial charge in [-0.2, -0.15) is 0 Å². The third-order valence-corrected chi connectivity index (χ3v) is 7.78. The monoisotopic (exact) mass is 426 g/mol. The standard InChI is InChI=1S/C23H30N4O2S/c1-15(27(2)3)16-10-12-19(13-11-16)30(24,29)26-23(28)25-22-20-8-4-6-17(20)14-18-7-5-9-21(18)22/h10-15H,4-9H2,1-3H3,(H3,24,25,26,28,29)/t15-,30?/m0/s1. The molecule has 0 aliphatic heterocycles. The Morgan fingerprint density at radius 2 is 1.63 bits per heavy atom. The van der Waals surface area contributed by atoms with Gasteiger partial charge in [-0.15, -0.1) is 4.36 Å². The highest BCUT2D eigenvalue weighted by Gasteiger charge is 2.25. The van der Waals surface area contributed by atoms with Gasteiger partial charge in [-0.3, -0.25) is 0 Å². The van der Waals surface area contributed by atoms with Crippen molar-refractivity contribution in [3.63, 3.8) is 0 Å². The second-order valence-electron chi connectivity index (χ2n) is 8.53. The van der Waals surface area contributed by atoms with Gasteiger partial charge in [0.25, 0.3) is 0 Å². The number of aryl methyl sites for hydroxylation is 2. The average Bonchev–Trinajstić information content (AvgIpc) is 3.36. The normalized spacial score (nSPS) is 17.9. The maximum atomic E-state index is 13.0. The SMILES string of the molecule is C[C@@H](c1ccc(S(N)(=O)=NC(=O)Nc2c3c(cc4c2CCC4)CCC3)cc1)N(C)C. The number of anilines is 1. The van der Waals surface area contributed by atoms with Crippen LogP contribution in [0, 0.1) is 0 Å². The van der Waals surface area contributed by atoms with E-state index in [4.69, 9.17) is 5.14 Å². The van der Waals surface area contributed by atoms with Gasteiger partial charge in [0, 0.05) is 11.7 Å². The van der Waals surface area contributed by atoms with Crippen molar-refractivity contribution in [3.8, 4) is 0 Å². The molecule has 2 aromatic rings. The highest BCUT2D eigenvalue weighted by atomic mass is 32.2. The molecule has 160 valence electrons. The van der Waals surface area contributed by atoms with Crippen LogP contribution in [0.15, 0.2) is 39.6 Å². The van der Waals surface area contributed by atoms with Crippen LogP contribution in [-0.4, -0.2) is 29.2 Å². The maximum absolute atomic E-state index is 13.0. The first kappa shape index (κ1) is 21.0. The summed E-state index contributed by atoms with van der Waals surface area (Å²) >= 11 is 0. The molecule has 0 aromatic heterocycles. The summed E-state index contributed by atoms with van der Waals surface area (Å²) in [6.07, 6.45) is 6.22. The van der Waals surface area contributed by atoms with Crippen LogP contribution in [0.3, 0.4) is 0 Å². The van der Waals surface area contributed by atoms with Gasteiger partial charge in [0.05, 0.1) is 4.90 Å². The second kappa shape index (κ2) is 8.13. The number of urea groups is 1. The molecule has 1 unspecified atom stereocenters. The Morgan fingerprint density at radius 1 is 1.07 bits per heavy atom. The molecule has 7 heteroatoms. The lowest BCUT2D eigenvalue weighted by Crippen LogP contribution is -2.19. The Morgan fingerprint density at radius 3 is 2.17 bits per heavy atom. The van der Waals surface area contributed by atoms with Crippen LogP contribution in [0.1, 0.15) is 53.6 Å². The zero-order valence-electron chi connectivity index (χ0n) is 17.9. The van der Waals surface area contributed by atoms with Gasteiger partial charge >= 0.3 is 6.03 Å². The zero-order chi connectivity index (χ0) is 21.5. The van der Waals surface area contributed by atoms with E-state index in [0.29, 0.717) is 4.90 Å². The summed E-state index contributed by atoms with van der Waals surface area (Å²) in [5, 5.41) is 8.94. The quantitative estimate of drug-likeness (QED) is 0.767. The fourth-order valence-electron chi connectivity index (χ4n) is 4.51. The third kappa shape index (κ3) is 4.02. The summed E-state index contributed by atoms with van der Waals surface area (Å²) in [4.78, 5) is 15.2. The number of hydrogen-bond acceptors (Lipinski definition) is 3. The smallest absolute Gasteiger partial charge is 0.305 e. The largest absolute Gasteiger partial charge is 0.354 e. The van der Waals surface area contributed by atoms with Crippen LogP contribution < -0.4 is 10.5 Å². The van der Waals surface area contributed by atoms with Gasteiger partial charge in [-0.25, -0.2) is 14.1 Å². The molecule has 0 bridgehead atoms. The summed E-state index contributed by atoms with van der Waals surface area (Å²) in [5.74, 6) is 0. The van der Waals surface area contributed by atoms with Gasteiger partial charge in [-0.05, 0) is 99.5 Å². The summed E-state index contributed by atoms with van der Waals surface area (Å²) in [6.45, 7) is 2.09. The van der Waals surface area contributed by atoms with Crippen molar-refractivity contribution in [1.29, 1.82) is 0 Å². The molecular weight excluding hydrogens is 396 g/mol. The van der Waals surface area contributed by atoms with Crippen LogP contribution >= 0.6 is 0 Å². The number of amides is 2. The molecule has 2 amide bonds. The Balaban J connectivity index is 1.60. The summed E-state index contributed by atoms with van der Waals surface area (Å²) in [5.41, 5.74) is 7.04. The Labute approximate surface area is 179 Å². The molecule has 2 atom stereocenters. The third-order valence-electron chi connectivity index (χ3n) is 6.40. The van der Waals surface area contributed by atoms with Crippen molar-refractivity contribution < 1.29 is 9.00 Å². The predicted octanol–water partition coefficient (Wildman–Crippen LogP) is 4.22. The first-order valence-electron chi connectivity index (χ1n) is 10.5. The van der Waals surface area contributed by atoms with E-state index >= 15 is 0 Å². The molecule has 4 rings (SSSR count). The topological polar surface area (TPSA) is 87.8 Å². The van der Waals surface area contributed by atoms with E-state index in [1.54, 1.807) is 12.1 Å². The van der Waals surface area contributed by atoms with Crippen LogP contribution in [-0.2, 0) is 35.6 Å². The molecular formula is C23H30N4O2S. The minimum Gasteiger partial charge on any atom is -0.305 e. The highest BCUT2D eigenvalue weighted by molar-refractivity contribution is 7.91. The highest BCUT2D eigenvalue weighted by Crippen LogP contribution is 2.38. The lowest BCUT2D eigenvalue weighted by Gasteiger charge is -2.20. The van der Waals surface area contributed by atoms with Crippen molar-refractivity contribution >= 4 is 21.6 Å². The molecule has 2 aromatic carbocycles. The number of nitrogens with two attached hydrogens (primary N) is 1. The molecule has 3 N–H and O–H groups in total.